The van der Waals surface area contributed by atoms with Crippen LogP contribution in [0.5, 0.6) is 11.5 Å². The van der Waals surface area contributed by atoms with Crippen molar-refractivity contribution in [2.45, 2.75) is 0 Å². The lowest BCUT2D eigenvalue weighted by Gasteiger charge is -2.44. The lowest BCUT2D eigenvalue weighted by Crippen LogP contribution is -2.77. The Kier molecular flexibility index (Phi) is 7.30. The minimum Gasteiger partial charge on any atom is -0.456 e. The Morgan fingerprint density at radius 2 is 1.34 bits per heavy atom. The molecule has 0 atom stereocenters. The normalized spacial score (nSPS) is 13.2. The van der Waals surface area contributed by atoms with Crippen molar-refractivity contribution in [3.8, 4) is 22.9 Å². The summed E-state index contributed by atoms with van der Waals surface area (Å²) in [6.07, 6.45) is 1.86. The van der Waals surface area contributed by atoms with Gasteiger partial charge in [0.15, 0.2) is 8.07 Å². The summed E-state index contributed by atoms with van der Waals surface area (Å²) in [6.45, 7) is 0. The third kappa shape index (κ3) is 4.74. The first-order valence-corrected chi connectivity index (χ1v) is 20.8. The minimum absolute atomic E-state index is 0.704. The van der Waals surface area contributed by atoms with Gasteiger partial charge in [0.05, 0.1) is 22.1 Å². The third-order valence-corrected chi connectivity index (χ3v) is 16.0. The molecule has 0 saturated heterocycles. The van der Waals surface area contributed by atoms with E-state index in [1.807, 2.05) is 54.7 Å². The van der Waals surface area contributed by atoms with Gasteiger partial charge in [0, 0.05) is 41.1 Å². The molecule has 0 N–H and O–H groups in total. The molecular weight excluding hydrogens is 705 g/mol. The molecule has 0 fully saturated rings. The fraction of sp³-hybridized carbons (Fsp3) is 0.0204. The second-order valence-electron chi connectivity index (χ2n) is 14.2. The second-order valence-corrected chi connectivity index (χ2v) is 17.9. The lowest BCUT2D eigenvalue weighted by atomic mass is 10.1. The van der Waals surface area contributed by atoms with E-state index in [0.29, 0.717) is 11.5 Å². The molecule has 0 radical (unpaired) electrons. The molecule has 0 aliphatic carbocycles. The van der Waals surface area contributed by atoms with Crippen molar-refractivity contribution in [1.82, 2.24) is 14.5 Å². The number of nitrogens with zero attached hydrogens (tertiary/aromatic N) is 4. The van der Waals surface area contributed by atoms with Gasteiger partial charge in [-0.15, -0.1) is 0 Å². The number of aromatic nitrogens is 3. The van der Waals surface area contributed by atoms with Crippen LogP contribution >= 0.6 is 0 Å². The van der Waals surface area contributed by atoms with Crippen LogP contribution in [-0.2, 0) is 7.05 Å². The van der Waals surface area contributed by atoms with Crippen molar-refractivity contribution >= 4 is 79.0 Å². The first kappa shape index (κ1) is 32.2. The summed E-state index contributed by atoms with van der Waals surface area (Å²) >= 11 is 0. The second kappa shape index (κ2) is 12.7. The van der Waals surface area contributed by atoms with Gasteiger partial charge in [-0.25, -0.2) is 9.97 Å². The quantitative estimate of drug-likeness (QED) is 0.159. The molecule has 0 bridgehead atoms. The Balaban J connectivity index is 1.24. The average molecular weight is 739 g/mol. The van der Waals surface area contributed by atoms with E-state index in [1.54, 1.807) is 0 Å². The molecule has 7 heteroatoms. The summed E-state index contributed by atoms with van der Waals surface area (Å²) in [5.74, 6) is 3.10. The van der Waals surface area contributed by atoms with E-state index < -0.39 is 8.07 Å². The van der Waals surface area contributed by atoms with Crippen molar-refractivity contribution in [2.24, 2.45) is 7.05 Å². The van der Waals surface area contributed by atoms with E-state index in [2.05, 4.69) is 150 Å². The molecule has 56 heavy (non-hydrogen) atoms. The topological polar surface area (TPSA) is 56.3 Å². The number of benzene rings is 7. The van der Waals surface area contributed by atoms with Crippen molar-refractivity contribution in [1.29, 1.82) is 0 Å². The molecule has 0 amide bonds. The number of aryl methyl sites for hydroxylation is 1. The van der Waals surface area contributed by atoms with E-state index in [9.17, 15) is 0 Å². The maximum Gasteiger partial charge on any atom is 0.188 e. The van der Waals surface area contributed by atoms with Crippen LogP contribution in [0.3, 0.4) is 0 Å². The monoisotopic (exact) mass is 738 g/mol. The first-order valence-electron chi connectivity index (χ1n) is 18.8. The molecule has 1 aliphatic rings. The lowest BCUT2D eigenvalue weighted by molar-refractivity contribution is 0.488. The molecule has 0 spiro atoms. The molecule has 0 saturated carbocycles. The van der Waals surface area contributed by atoms with Gasteiger partial charge < -0.3 is 13.7 Å². The summed E-state index contributed by atoms with van der Waals surface area (Å²) in [4.78, 5) is 12.2. The number of para-hydroxylation sites is 4. The summed E-state index contributed by atoms with van der Waals surface area (Å²) in [7, 11) is -1.04. The van der Waals surface area contributed by atoms with Crippen LogP contribution in [0.4, 0.5) is 17.2 Å². The Labute approximate surface area is 324 Å². The van der Waals surface area contributed by atoms with E-state index in [-0.39, 0.29) is 0 Å². The van der Waals surface area contributed by atoms with Crippen LogP contribution in [0.2, 0.25) is 0 Å². The molecule has 7 aromatic carbocycles. The molecule has 1 aliphatic heterocycles. The summed E-state index contributed by atoms with van der Waals surface area (Å²) in [5.41, 5.74) is 6.70. The third-order valence-electron chi connectivity index (χ3n) is 11.2. The molecular formula is C49H34N4O2Si. The Bertz CT molecular complexity index is 3050. The molecule has 3 aromatic heterocycles. The average Bonchev–Trinajstić information content (AvgIpc) is 3.82. The van der Waals surface area contributed by atoms with E-state index in [0.717, 1.165) is 66.7 Å². The van der Waals surface area contributed by atoms with E-state index in [4.69, 9.17) is 19.1 Å². The van der Waals surface area contributed by atoms with Gasteiger partial charge >= 0.3 is 0 Å². The van der Waals surface area contributed by atoms with Gasteiger partial charge in [-0.3, -0.25) is 4.90 Å². The van der Waals surface area contributed by atoms with Crippen molar-refractivity contribution in [3.05, 3.63) is 188 Å². The Morgan fingerprint density at radius 3 is 2.12 bits per heavy atom. The van der Waals surface area contributed by atoms with Crippen LogP contribution in [-0.4, -0.2) is 22.6 Å². The number of ether oxygens (including phenoxy) is 1. The zero-order valence-corrected chi connectivity index (χ0v) is 31.5. The van der Waals surface area contributed by atoms with Crippen LogP contribution in [0.25, 0.3) is 44.4 Å². The van der Waals surface area contributed by atoms with Crippen LogP contribution in [0, 0.1) is 0 Å². The number of hydrogen-bond acceptors (Lipinski definition) is 5. The number of hydrogen-bond donors (Lipinski definition) is 0. The fourth-order valence-electron chi connectivity index (χ4n) is 8.83. The van der Waals surface area contributed by atoms with Gasteiger partial charge in [0.1, 0.15) is 34.3 Å². The highest BCUT2D eigenvalue weighted by Crippen LogP contribution is 2.46. The molecule has 10 aromatic rings. The van der Waals surface area contributed by atoms with Gasteiger partial charge in [0.25, 0.3) is 0 Å². The highest BCUT2D eigenvalue weighted by atomic mass is 28.3. The van der Waals surface area contributed by atoms with E-state index >= 15 is 0 Å². The summed E-state index contributed by atoms with van der Waals surface area (Å²) in [6, 6.07) is 63.8. The molecule has 6 nitrogen and oxygen atoms in total. The highest BCUT2D eigenvalue weighted by molar-refractivity contribution is 7.22. The van der Waals surface area contributed by atoms with E-state index in [1.165, 1.54) is 15.6 Å². The fourth-order valence-corrected chi connectivity index (χ4v) is 14.0. The summed E-state index contributed by atoms with van der Waals surface area (Å²) < 4.78 is 16.4. The summed E-state index contributed by atoms with van der Waals surface area (Å²) in [5, 5.41) is 6.90. The van der Waals surface area contributed by atoms with Crippen LogP contribution < -0.4 is 30.4 Å². The molecule has 266 valence electrons. The highest BCUT2D eigenvalue weighted by Gasteiger charge is 2.51. The van der Waals surface area contributed by atoms with Gasteiger partial charge in [-0.1, -0.05) is 127 Å². The zero-order chi connectivity index (χ0) is 37.2. The number of anilines is 3. The molecule has 4 heterocycles. The van der Waals surface area contributed by atoms with Crippen molar-refractivity contribution in [2.75, 3.05) is 4.90 Å². The van der Waals surface area contributed by atoms with Crippen molar-refractivity contribution < 1.29 is 9.15 Å². The Hall–Kier alpha value is -7.22. The maximum absolute atomic E-state index is 7.16. The van der Waals surface area contributed by atoms with Gasteiger partial charge in [-0.2, -0.15) is 0 Å². The number of pyridine rings is 1. The SMILES string of the molecule is Cn1c(-c2cccc(Oc3cc4c(c5oc6ccccc6c35)[Si](c3ccccc3)(c3ccccc3)c3ccccc3N4c3ccccn3)c2)nc2ccccc21. The minimum atomic E-state index is -3.10. The number of furan rings is 1. The predicted octanol–water partition coefficient (Wildman–Crippen LogP) is 9.49. The Morgan fingerprint density at radius 1 is 0.625 bits per heavy atom. The number of rotatable bonds is 6. The number of imidazole rings is 1. The smallest absolute Gasteiger partial charge is 0.188 e. The van der Waals surface area contributed by atoms with Gasteiger partial charge in [0.2, 0.25) is 0 Å². The number of fused-ring (bicyclic) bond motifs is 7. The van der Waals surface area contributed by atoms with Crippen LogP contribution in [0.1, 0.15) is 0 Å². The largest absolute Gasteiger partial charge is 0.456 e. The predicted molar refractivity (Wildman–Crippen MR) is 230 cm³/mol. The van der Waals surface area contributed by atoms with Crippen LogP contribution in [0.15, 0.2) is 193 Å². The first-order chi connectivity index (χ1) is 27.7. The van der Waals surface area contributed by atoms with Gasteiger partial charge in [-0.05, 0) is 64.1 Å². The van der Waals surface area contributed by atoms with Crippen molar-refractivity contribution in [3.63, 3.8) is 0 Å². The maximum atomic E-state index is 7.16. The standard InChI is InChI=1S/C49H34N4O2Si/c1-52-39-25-10-9-24-38(39)51-49(52)33-17-16-18-34(31-33)54-43-32-41-48(47-46(43)37-23-8-12-27-42(37)55-47)56(35-19-4-2-5-20-35,36-21-6-3-7-22-36)44-28-13-11-26-40(44)53(41)45-29-14-15-30-50-45/h2-32H,1H3. The zero-order valence-electron chi connectivity index (χ0n) is 30.5. The molecule has 0 unspecified atom stereocenters. The molecule has 11 rings (SSSR count).